The van der Waals surface area contributed by atoms with Gasteiger partial charge in [0.2, 0.25) is 0 Å². The predicted molar refractivity (Wildman–Crippen MR) is 121 cm³/mol. The highest BCUT2D eigenvalue weighted by Crippen LogP contribution is 2.38. The molecule has 1 aromatic rings. The molecule has 3 aliphatic rings. The van der Waals surface area contributed by atoms with E-state index in [9.17, 15) is 35.5 Å². The van der Waals surface area contributed by atoms with Crippen LogP contribution in [0.2, 0.25) is 0 Å². The van der Waals surface area contributed by atoms with Crippen LogP contribution in [0.15, 0.2) is 6.33 Å². The molecule has 2 N–H and O–H groups in total. The Balaban J connectivity index is 0.000000317. The summed E-state index contributed by atoms with van der Waals surface area (Å²) in [5, 5.41) is 14.2. The maximum atomic E-state index is 14.5. The molecule has 0 radical (unpaired) electrons. The van der Waals surface area contributed by atoms with Crippen molar-refractivity contribution in [3.63, 3.8) is 0 Å². The second kappa shape index (κ2) is 12.7. The summed E-state index contributed by atoms with van der Waals surface area (Å²) in [6, 6.07) is 0. The van der Waals surface area contributed by atoms with Gasteiger partial charge in [0, 0.05) is 51.3 Å². The number of fused-ring (bicyclic) bond motifs is 1. The summed E-state index contributed by atoms with van der Waals surface area (Å²) >= 11 is 0. The highest BCUT2D eigenvalue weighted by molar-refractivity contribution is 5.86. The monoisotopic (exact) mass is 575 g/mol. The van der Waals surface area contributed by atoms with Gasteiger partial charge in [-0.15, -0.1) is 0 Å². The number of carbonyl (C=O) groups is 3. The van der Waals surface area contributed by atoms with Crippen LogP contribution in [0.1, 0.15) is 30.5 Å². The molecule has 2 fully saturated rings. The molecule has 2 aliphatic heterocycles. The number of rotatable bonds is 2. The number of likely N-dealkylation sites (N-methyl/N-ethyl adjacent to an activating group) is 1. The number of aromatic nitrogens is 2. The Labute approximate surface area is 218 Å². The number of anilines is 1. The maximum Gasteiger partial charge on any atom is 0.490 e. The van der Waals surface area contributed by atoms with Gasteiger partial charge < -0.3 is 24.9 Å². The molecule has 10 nitrogen and oxygen atoms in total. The molecule has 1 saturated carbocycles. The van der Waals surface area contributed by atoms with Crippen molar-refractivity contribution < 1.29 is 55.3 Å². The van der Waals surface area contributed by atoms with Gasteiger partial charge in [-0.05, 0) is 32.7 Å². The minimum absolute atomic E-state index is 0.319. The summed E-state index contributed by atoms with van der Waals surface area (Å²) in [5.74, 6) is -4.83. The number of hydrogen-bond acceptors (Lipinski definition) is 7. The molecular formula is C22H28F7N5O5. The molecule has 0 atom stereocenters. The van der Waals surface area contributed by atoms with Crippen molar-refractivity contribution in [2.75, 3.05) is 51.2 Å². The van der Waals surface area contributed by atoms with Crippen LogP contribution in [0.25, 0.3) is 0 Å². The zero-order valence-corrected chi connectivity index (χ0v) is 20.9. The molecule has 1 amide bonds. The van der Waals surface area contributed by atoms with E-state index in [1.807, 2.05) is 0 Å². The second-order valence-corrected chi connectivity index (χ2v) is 9.13. The van der Waals surface area contributed by atoms with E-state index in [4.69, 9.17) is 19.8 Å². The van der Waals surface area contributed by atoms with Gasteiger partial charge in [0.05, 0.1) is 5.69 Å². The lowest BCUT2D eigenvalue weighted by Crippen LogP contribution is -2.51. The van der Waals surface area contributed by atoms with Gasteiger partial charge in [-0.25, -0.2) is 23.9 Å². The van der Waals surface area contributed by atoms with Crippen LogP contribution < -0.4 is 4.90 Å². The quantitative estimate of drug-likeness (QED) is 0.511. The molecule has 1 aromatic heterocycles. The first-order valence-electron chi connectivity index (χ1n) is 11.8. The van der Waals surface area contributed by atoms with Crippen molar-refractivity contribution >= 4 is 23.7 Å². The summed E-state index contributed by atoms with van der Waals surface area (Å²) in [7, 11) is 2.13. The van der Waals surface area contributed by atoms with Crippen LogP contribution in [-0.4, -0.2) is 112 Å². The summed E-state index contributed by atoms with van der Waals surface area (Å²) in [4.78, 5) is 45.7. The van der Waals surface area contributed by atoms with E-state index in [1.54, 1.807) is 11.2 Å². The van der Waals surface area contributed by atoms with Crippen molar-refractivity contribution in [2.45, 2.75) is 50.1 Å². The average molecular weight is 575 g/mol. The number of carbonyl (C=O) groups excluding carboxylic acids is 1. The molecule has 0 spiro atoms. The largest absolute Gasteiger partial charge is 0.490 e. The van der Waals surface area contributed by atoms with Crippen LogP contribution in [-0.2, 0) is 27.2 Å². The second-order valence-electron chi connectivity index (χ2n) is 9.13. The fraction of sp³-hybridized carbons (Fsp3) is 0.682. The maximum absolute atomic E-state index is 14.5. The van der Waals surface area contributed by atoms with E-state index in [0.29, 0.717) is 38.8 Å². The SMILES string of the molecule is CN1CCN(c2ncnc3c2CCN(C(=O)C2(F)CCC2)CC3)CC1.O=C(O)C(F)(F)F.O=C(O)C(F)(F)F. The smallest absolute Gasteiger partial charge is 0.475 e. The molecule has 220 valence electrons. The lowest BCUT2D eigenvalue weighted by Gasteiger charge is -2.36. The molecule has 4 rings (SSSR count). The first-order chi connectivity index (χ1) is 18.0. The molecule has 0 aromatic carbocycles. The molecule has 3 heterocycles. The fourth-order valence-corrected chi connectivity index (χ4v) is 3.99. The summed E-state index contributed by atoms with van der Waals surface area (Å²) in [5.41, 5.74) is 0.548. The van der Waals surface area contributed by atoms with Gasteiger partial charge in [-0.2, -0.15) is 26.3 Å². The van der Waals surface area contributed by atoms with Gasteiger partial charge in [-0.1, -0.05) is 0 Å². The summed E-state index contributed by atoms with van der Waals surface area (Å²) in [6.45, 7) is 5.07. The standard InChI is InChI=1S/C18H26FN5O.2C2HF3O2/c1-22-9-11-23(12-10-22)16-14-3-7-24(8-4-15(14)20-13-21-16)17(25)18(19)5-2-6-18;2*3-2(4,5)1(6)7/h13H,2-12H2,1H3;2*(H,6,7). The average Bonchev–Trinajstić information content (AvgIpc) is 3.05. The number of amides is 1. The van der Waals surface area contributed by atoms with Crippen LogP contribution in [0.4, 0.5) is 36.6 Å². The normalized spacial score (nSPS) is 19.2. The van der Waals surface area contributed by atoms with Gasteiger partial charge >= 0.3 is 24.3 Å². The number of hydrogen-bond donors (Lipinski definition) is 2. The zero-order valence-electron chi connectivity index (χ0n) is 20.9. The minimum Gasteiger partial charge on any atom is -0.475 e. The number of aliphatic carboxylic acids is 2. The number of piperazine rings is 1. The third-order valence-electron chi connectivity index (χ3n) is 6.37. The van der Waals surface area contributed by atoms with Crippen LogP contribution in [0, 0.1) is 0 Å². The van der Waals surface area contributed by atoms with Crippen LogP contribution in [0.5, 0.6) is 0 Å². The van der Waals surface area contributed by atoms with E-state index >= 15 is 0 Å². The van der Waals surface area contributed by atoms with Crippen LogP contribution in [0.3, 0.4) is 0 Å². The fourth-order valence-electron chi connectivity index (χ4n) is 3.99. The topological polar surface area (TPSA) is 127 Å². The first kappa shape index (κ1) is 32.0. The molecule has 1 aliphatic carbocycles. The lowest BCUT2D eigenvalue weighted by atomic mass is 9.81. The molecule has 0 unspecified atom stereocenters. The Morgan fingerprint density at radius 1 is 0.846 bits per heavy atom. The number of nitrogens with zero attached hydrogens (tertiary/aromatic N) is 5. The zero-order chi connectivity index (χ0) is 29.6. The van der Waals surface area contributed by atoms with Crippen molar-refractivity contribution in [1.29, 1.82) is 0 Å². The van der Waals surface area contributed by atoms with E-state index in [-0.39, 0.29) is 5.91 Å². The van der Waals surface area contributed by atoms with Gasteiger partial charge in [0.15, 0.2) is 5.67 Å². The highest BCUT2D eigenvalue weighted by Gasteiger charge is 2.47. The molecule has 0 bridgehead atoms. The van der Waals surface area contributed by atoms with Crippen molar-refractivity contribution in [3.8, 4) is 0 Å². The van der Waals surface area contributed by atoms with Crippen molar-refractivity contribution in [1.82, 2.24) is 19.8 Å². The number of alkyl halides is 7. The van der Waals surface area contributed by atoms with Crippen LogP contribution >= 0.6 is 0 Å². The van der Waals surface area contributed by atoms with Crippen molar-refractivity contribution in [2.24, 2.45) is 0 Å². The van der Waals surface area contributed by atoms with E-state index in [0.717, 1.165) is 49.7 Å². The van der Waals surface area contributed by atoms with E-state index in [1.165, 1.54) is 0 Å². The molecule has 1 saturated heterocycles. The highest BCUT2D eigenvalue weighted by atomic mass is 19.4. The Kier molecular flexibility index (Phi) is 10.4. The third-order valence-corrected chi connectivity index (χ3v) is 6.37. The number of halogens is 7. The predicted octanol–water partition coefficient (Wildman–Crippen LogP) is 2.31. The third kappa shape index (κ3) is 8.90. The van der Waals surface area contributed by atoms with Gasteiger partial charge in [0.25, 0.3) is 5.91 Å². The Morgan fingerprint density at radius 2 is 1.33 bits per heavy atom. The molecule has 17 heteroatoms. The van der Waals surface area contributed by atoms with Gasteiger partial charge in [0.1, 0.15) is 12.1 Å². The minimum atomic E-state index is -5.08. The lowest BCUT2D eigenvalue weighted by molar-refractivity contribution is -0.193. The Morgan fingerprint density at radius 3 is 1.77 bits per heavy atom. The van der Waals surface area contributed by atoms with Gasteiger partial charge in [-0.3, -0.25) is 4.79 Å². The number of carboxylic acids is 2. The van der Waals surface area contributed by atoms with E-state index in [2.05, 4.69) is 26.8 Å². The molecule has 39 heavy (non-hydrogen) atoms. The van der Waals surface area contributed by atoms with E-state index < -0.39 is 30.0 Å². The molecular weight excluding hydrogens is 547 g/mol. The Hall–Kier alpha value is -3.24. The first-order valence-corrected chi connectivity index (χ1v) is 11.8. The number of carboxylic acid groups (broad SMARTS) is 2. The summed E-state index contributed by atoms with van der Waals surface area (Å²) in [6.07, 6.45) is -5.58. The Bertz CT molecular complexity index is 1000. The van der Waals surface area contributed by atoms with Crippen molar-refractivity contribution in [3.05, 3.63) is 17.6 Å². The summed E-state index contributed by atoms with van der Waals surface area (Å²) < 4.78 is 78.0.